The minimum Gasteiger partial charge on any atom is -0.338 e. The van der Waals surface area contributed by atoms with Crippen LogP contribution in [0.1, 0.15) is 30.5 Å². The molecular formula is C15H18F3N5O. The maximum absolute atomic E-state index is 12.5. The topological polar surface area (TPSA) is 71.8 Å². The van der Waals surface area contributed by atoms with E-state index in [0.29, 0.717) is 25.1 Å². The molecule has 2 aromatic rings. The third kappa shape index (κ3) is 5.25. The van der Waals surface area contributed by atoms with Crippen LogP contribution in [0.3, 0.4) is 0 Å². The zero-order valence-electron chi connectivity index (χ0n) is 13.0. The summed E-state index contributed by atoms with van der Waals surface area (Å²) in [5.74, 6) is 0. The molecule has 1 aromatic heterocycles. The quantitative estimate of drug-likeness (QED) is 0.794. The van der Waals surface area contributed by atoms with Gasteiger partial charge in [-0.3, -0.25) is 4.68 Å². The van der Waals surface area contributed by atoms with Crippen LogP contribution in [0.25, 0.3) is 0 Å². The fourth-order valence-electron chi connectivity index (χ4n) is 2.08. The summed E-state index contributed by atoms with van der Waals surface area (Å²) in [6.45, 7) is 2.79. The minimum atomic E-state index is -4.36. The summed E-state index contributed by atoms with van der Waals surface area (Å²) >= 11 is 0. The van der Waals surface area contributed by atoms with Crippen molar-refractivity contribution in [1.82, 2.24) is 25.4 Å². The van der Waals surface area contributed by atoms with E-state index in [9.17, 15) is 18.0 Å². The van der Waals surface area contributed by atoms with Gasteiger partial charge in [-0.05, 0) is 31.0 Å². The molecule has 1 unspecified atom stereocenters. The fourth-order valence-corrected chi connectivity index (χ4v) is 2.08. The molecule has 0 spiro atoms. The Morgan fingerprint density at radius 1 is 1.29 bits per heavy atom. The predicted octanol–water partition coefficient (Wildman–Crippen LogP) is 2.75. The number of urea groups is 1. The number of aryl methyl sites for hydroxylation is 1. The molecule has 0 radical (unpaired) electrons. The van der Waals surface area contributed by atoms with E-state index in [1.165, 1.54) is 18.5 Å². The van der Waals surface area contributed by atoms with Gasteiger partial charge in [-0.2, -0.15) is 18.3 Å². The summed E-state index contributed by atoms with van der Waals surface area (Å²) in [5.41, 5.74) is -0.114. The van der Waals surface area contributed by atoms with Crippen molar-refractivity contribution in [2.24, 2.45) is 0 Å². The summed E-state index contributed by atoms with van der Waals surface area (Å²) < 4.78 is 39.2. The lowest BCUT2D eigenvalue weighted by Crippen LogP contribution is -2.37. The van der Waals surface area contributed by atoms with Gasteiger partial charge in [0, 0.05) is 13.1 Å². The second-order valence-corrected chi connectivity index (χ2v) is 5.25. The van der Waals surface area contributed by atoms with E-state index in [0.717, 1.165) is 12.1 Å². The number of hydrogen-bond acceptors (Lipinski definition) is 3. The normalized spacial score (nSPS) is 12.7. The first kappa shape index (κ1) is 17.8. The van der Waals surface area contributed by atoms with Crippen molar-refractivity contribution in [1.29, 1.82) is 0 Å². The molecular weight excluding hydrogens is 323 g/mol. The highest BCUT2D eigenvalue weighted by Crippen LogP contribution is 2.29. The molecule has 0 aliphatic carbocycles. The van der Waals surface area contributed by atoms with Gasteiger partial charge in [0.25, 0.3) is 0 Å². The van der Waals surface area contributed by atoms with Crippen molar-refractivity contribution in [3.05, 3.63) is 48.0 Å². The van der Waals surface area contributed by atoms with Crippen molar-refractivity contribution in [2.75, 3.05) is 6.54 Å². The Labute approximate surface area is 137 Å². The van der Waals surface area contributed by atoms with Gasteiger partial charge in [0.15, 0.2) is 0 Å². The predicted molar refractivity (Wildman–Crippen MR) is 81.0 cm³/mol. The number of amides is 2. The highest BCUT2D eigenvalue weighted by molar-refractivity contribution is 5.74. The zero-order valence-corrected chi connectivity index (χ0v) is 13.0. The number of nitrogens with zero attached hydrogens (tertiary/aromatic N) is 3. The molecule has 1 heterocycles. The van der Waals surface area contributed by atoms with E-state index in [-0.39, 0.29) is 6.03 Å². The van der Waals surface area contributed by atoms with Crippen LogP contribution in [-0.2, 0) is 12.7 Å². The molecule has 0 aliphatic heterocycles. The Morgan fingerprint density at radius 2 is 2.00 bits per heavy atom. The Balaban J connectivity index is 1.74. The maximum Gasteiger partial charge on any atom is 0.416 e. The lowest BCUT2D eigenvalue weighted by molar-refractivity contribution is -0.137. The highest BCUT2D eigenvalue weighted by Gasteiger charge is 2.30. The minimum absolute atomic E-state index is 0.374. The van der Waals surface area contributed by atoms with Gasteiger partial charge in [-0.15, -0.1) is 0 Å². The lowest BCUT2D eigenvalue weighted by Gasteiger charge is -2.16. The lowest BCUT2D eigenvalue weighted by atomic mass is 10.1. The monoisotopic (exact) mass is 341 g/mol. The van der Waals surface area contributed by atoms with Gasteiger partial charge in [-0.1, -0.05) is 12.1 Å². The van der Waals surface area contributed by atoms with E-state index >= 15 is 0 Å². The molecule has 2 rings (SSSR count). The van der Waals surface area contributed by atoms with Crippen LogP contribution in [0, 0.1) is 0 Å². The number of carbonyl (C=O) groups is 1. The average Bonchev–Trinajstić information content (AvgIpc) is 3.04. The maximum atomic E-state index is 12.5. The summed E-state index contributed by atoms with van der Waals surface area (Å²) in [6.07, 6.45) is -0.652. The number of halogens is 3. The van der Waals surface area contributed by atoms with Gasteiger partial charge in [0.05, 0.1) is 11.6 Å². The second-order valence-electron chi connectivity index (χ2n) is 5.25. The van der Waals surface area contributed by atoms with Gasteiger partial charge < -0.3 is 10.6 Å². The van der Waals surface area contributed by atoms with Crippen LogP contribution in [0.5, 0.6) is 0 Å². The molecule has 1 aromatic carbocycles. The summed E-state index contributed by atoms with van der Waals surface area (Å²) in [6, 6.07) is 3.95. The van der Waals surface area contributed by atoms with Gasteiger partial charge in [0.1, 0.15) is 12.7 Å². The van der Waals surface area contributed by atoms with Crippen molar-refractivity contribution in [2.45, 2.75) is 32.1 Å². The number of aromatic nitrogens is 3. The van der Waals surface area contributed by atoms with E-state index in [2.05, 4.69) is 20.7 Å². The largest absolute Gasteiger partial charge is 0.416 e. The van der Waals surface area contributed by atoms with E-state index in [1.807, 2.05) is 0 Å². The number of alkyl halides is 3. The first-order valence-electron chi connectivity index (χ1n) is 7.40. The number of benzene rings is 1. The van der Waals surface area contributed by atoms with Crippen LogP contribution < -0.4 is 10.6 Å². The SMILES string of the molecule is CC(NC(=O)NCCCn1cncn1)c1ccc(C(F)(F)F)cc1. The molecule has 24 heavy (non-hydrogen) atoms. The van der Waals surface area contributed by atoms with Crippen LogP contribution in [0.4, 0.5) is 18.0 Å². The molecule has 2 amide bonds. The van der Waals surface area contributed by atoms with Gasteiger partial charge >= 0.3 is 12.2 Å². The summed E-state index contributed by atoms with van der Waals surface area (Å²) in [5, 5.41) is 9.31. The Kier molecular flexibility index (Phi) is 5.78. The van der Waals surface area contributed by atoms with Crippen LogP contribution >= 0.6 is 0 Å². The molecule has 6 nitrogen and oxygen atoms in total. The first-order valence-corrected chi connectivity index (χ1v) is 7.40. The highest BCUT2D eigenvalue weighted by atomic mass is 19.4. The van der Waals surface area contributed by atoms with Crippen molar-refractivity contribution >= 4 is 6.03 Å². The Bertz CT molecular complexity index is 640. The Morgan fingerprint density at radius 3 is 2.58 bits per heavy atom. The van der Waals surface area contributed by atoms with Gasteiger partial charge in [0.2, 0.25) is 0 Å². The molecule has 0 fully saturated rings. The molecule has 0 saturated heterocycles. The zero-order chi connectivity index (χ0) is 17.6. The second kappa shape index (κ2) is 7.80. The number of nitrogens with one attached hydrogen (secondary N) is 2. The van der Waals surface area contributed by atoms with E-state index in [4.69, 9.17) is 0 Å². The standard InChI is InChI=1S/C15H18F3N5O/c1-11(12-3-5-13(6-4-12)15(16,17)18)22-14(24)20-7-2-8-23-10-19-9-21-23/h3-6,9-11H,2,7-8H2,1H3,(H2,20,22,24). The molecule has 0 aliphatic rings. The molecule has 130 valence electrons. The van der Waals surface area contributed by atoms with Crippen molar-refractivity contribution in [3.8, 4) is 0 Å². The van der Waals surface area contributed by atoms with Crippen LogP contribution in [0.15, 0.2) is 36.9 Å². The summed E-state index contributed by atoms with van der Waals surface area (Å²) in [4.78, 5) is 15.6. The van der Waals surface area contributed by atoms with Gasteiger partial charge in [-0.25, -0.2) is 9.78 Å². The molecule has 2 N–H and O–H groups in total. The molecule has 9 heteroatoms. The smallest absolute Gasteiger partial charge is 0.338 e. The molecule has 1 atom stereocenters. The van der Waals surface area contributed by atoms with E-state index < -0.39 is 17.8 Å². The Hall–Kier alpha value is -2.58. The van der Waals surface area contributed by atoms with Crippen molar-refractivity contribution < 1.29 is 18.0 Å². The first-order chi connectivity index (χ1) is 11.4. The van der Waals surface area contributed by atoms with Crippen molar-refractivity contribution in [3.63, 3.8) is 0 Å². The number of rotatable bonds is 6. The summed E-state index contributed by atoms with van der Waals surface area (Å²) in [7, 11) is 0. The van der Waals surface area contributed by atoms with Crippen LogP contribution in [-0.4, -0.2) is 27.3 Å². The third-order valence-corrected chi connectivity index (χ3v) is 3.40. The molecule has 0 bridgehead atoms. The average molecular weight is 341 g/mol. The van der Waals surface area contributed by atoms with E-state index in [1.54, 1.807) is 17.9 Å². The van der Waals surface area contributed by atoms with Crippen LogP contribution in [0.2, 0.25) is 0 Å². The number of hydrogen-bond donors (Lipinski definition) is 2. The molecule has 0 saturated carbocycles. The number of carbonyl (C=O) groups excluding carboxylic acids is 1. The third-order valence-electron chi connectivity index (χ3n) is 3.40. The fraction of sp³-hybridized carbons (Fsp3) is 0.400.